The van der Waals surface area contributed by atoms with Crippen LogP contribution in [-0.4, -0.2) is 0 Å². The predicted molar refractivity (Wildman–Crippen MR) is 67.9 cm³/mol. The van der Waals surface area contributed by atoms with Gasteiger partial charge < -0.3 is 0 Å². The fourth-order valence-corrected chi connectivity index (χ4v) is 3.36. The van der Waals surface area contributed by atoms with E-state index < -0.39 is 0 Å². The van der Waals surface area contributed by atoms with E-state index in [1.807, 2.05) is 47.9 Å². The van der Waals surface area contributed by atoms with Crippen molar-refractivity contribution in [2.75, 3.05) is 0 Å². The van der Waals surface area contributed by atoms with Crippen LogP contribution >= 0.6 is 23.5 Å². The zero-order valence-electron chi connectivity index (χ0n) is 8.18. The van der Waals surface area contributed by atoms with Gasteiger partial charge >= 0.3 is 0 Å². The molecule has 1 aliphatic rings. The van der Waals surface area contributed by atoms with Crippen LogP contribution in [0.4, 0.5) is 0 Å². The van der Waals surface area contributed by atoms with Crippen molar-refractivity contribution in [2.45, 2.75) is 0 Å². The molecule has 0 radical (unpaired) electrons. The fourth-order valence-electron chi connectivity index (χ4n) is 1.21. The lowest BCUT2D eigenvalue weighted by molar-refractivity contribution is 1.47. The molecule has 0 bridgehead atoms. The number of nitrogens with zero attached hydrogens (tertiary/aromatic N) is 2. The van der Waals surface area contributed by atoms with Gasteiger partial charge in [-0.05, 0) is 11.0 Å². The second-order valence-electron chi connectivity index (χ2n) is 2.95. The van der Waals surface area contributed by atoms with Crippen LogP contribution in [0.5, 0.6) is 0 Å². The van der Waals surface area contributed by atoms with Crippen molar-refractivity contribution in [2.24, 2.45) is 0 Å². The summed E-state index contributed by atoms with van der Waals surface area (Å²) in [5.74, 6) is 0. The summed E-state index contributed by atoms with van der Waals surface area (Å²) in [7, 11) is 0. The van der Waals surface area contributed by atoms with Gasteiger partial charge in [0.2, 0.25) is 0 Å². The molecule has 0 saturated heterocycles. The van der Waals surface area contributed by atoms with Gasteiger partial charge in [0.05, 0.1) is 4.24 Å². The quantitative estimate of drug-likeness (QED) is 0.704. The van der Waals surface area contributed by atoms with Gasteiger partial charge in [-0.25, -0.2) is 0 Å². The summed E-state index contributed by atoms with van der Waals surface area (Å²) in [6.45, 7) is 0. The highest BCUT2D eigenvalue weighted by Crippen LogP contribution is 2.49. The van der Waals surface area contributed by atoms with Gasteiger partial charge in [-0.2, -0.15) is 10.5 Å². The zero-order valence-corrected chi connectivity index (χ0v) is 9.81. The number of allylic oxidation sites excluding steroid dienone is 1. The third-order valence-corrected chi connectivity index (χ3v) is 4.38. The molecule has 76 valence electrons. The van der Waals surface area contributed by atoms with Crippen LogP contribution in [0.1, 0.15) is 5.56 Å². The van der Waals surface area contributed by atoms with Crippen molar-refractivity contribution < 1.29 is 0 Å². The molecule has 2 rings (SSSR count). The van der Waals surface area contributed by atoms with Crippen molar-refractivity contribution in [3.05, 3.63) is 51.1 Å². The first kappa shape index (κ1) is 10.9. The van der Waals surface area contributed by atoms with E-state index in [9.17, 15) is 0 Å². The monoisotopic (exact) mass is 242 g/mol. The first-order chi connectivity index (χ1) is 7.85. The maximum atomic E-state index is 8.76. The average molecular weight is 242 g/mol. The van der Waals surface area contributed by atoms with Gasteiger partial charge in [-0.3, -0.25) is 0 Å². The Morgan fingerprint density at radius 2 is 1.75 bits per heavy atom. The molecule has 0 amide bonds. The molecule has 0 spiro atoms. The minimum atomic E-state index is 0.192. The van der Waals surface area contributed by atoms with E-state index in [2.05, 4.69) is 0 Å². The Hall–Kier alpha value is -1.62. The Bertz CT molecular complexity index is 529. The van der Waals surface area contributed by atoms with Crippen molar-refractivity contribution in [1.82, 2.24) is 0 Å². The van der Waals surface area contributed by atoms with Crippen LogP contribution in [0.25, 0.3) is 4.91 Å². The molecule has 16 heavy (non-hydrogen) atoms. The lowest BCUT2D eigenvalue weighted by Crippen LogP contribution is -1.77. The molecule has 1 aromatic carbocycles. The first-order valence-corrected chi connectivity index (χ1v) is 6.19. The number of benzene rings is 1. The molecule has 0 aromatic heterocycles. The van der Waals surface area contributed by atoms with Gasteiger partial charge in [0.1, 0.15) is 17.7 Å². The van der Waals surface area contributed by atoms with Crippen LogP contribution < -0.4 is 0 Å². The van der Waals surface area contributed by atoms with Gasteiger partial charge in [0.25, 0.3) is 0 Å². The third kappa shape index (κ3) is 2.14. The largest absolute Gasteiger partial charge is 0.192 e. The van der Waals surface area contributed by atoms with E-state index in [4.69, 9.17) is 10.5 Å². The molecule has 0 N–H and O–H groups in total. The topological polar surface area (TPSA) is 47.6 Å². The molecular formula is C12H6N2S2. The molecule has 1 aliphatic heterocycles. The molecule has 0 unspecified atom stereocenters. The van der Waals surface area contributed by atoms with Crippen LogP contribution in [0.3, 0.4) is 0 Å². The summed E-state index contributed by atoms with van der Waals surface area (Å²) in [5, 5.41) is 19.5. The van der Waals surface area contributed by atoms with Crippen molar-refractivity contribution in [3.63, 3.8) is 0 Å². The van der Waals surface area contributed by atoms with E-state index in [1.165, 1.54) is 23.5 Å². The van der Waals surface area contributed by atoms with Crippen LogP contribution in [0, 0.1) is 22.7 Å². The summed E-state index contributed by atoms with van der Waals surface area (Å²) in [5.41, 5.74) is 1.31. The maximum absolute atomic E-state index is 8.76. The third-order valence-electron chi connectivity index (χ3n) is 1.96. The lowest BCUT2D eigenvalue weighted by atomic mass is 10.2. The zero-order chi connectivity index (χ0) is 11.4. The summed E-state index contributed by atoms with van der Waals surface area (Å²) in [6.07, 6.45) is 0. The Labute approximate surface area is 102 Å². The highest BCUT2D eigenvalue weighted by molar-refractivity contribution is 8.31. The second-order valence-corrected chi connectivity index (χ2v) is 5.14. The molecular weight excluding hydrogens is 236 g/mol. The smallest absolute Gasteiger partial charge is 0.150 e. The lowest BCUT2D eigenvalue weighted by Gasteiger charge is -1.99. The van der Waals surface area contributed by atoms with Gasteiger partial charge in [0.15, 0.2) is 0 Å². The van der Waals surface area contributed by atoms with Crippen LogP contribution in [0.2, 0.25) is 0 Å². The van der Waals surface area contributed by atoms with Crippen molar-refractivity contribution in [3.8, 4) is 12.1 Å². The van der Waals surface area contributed by atoms with E-state index in [0.717, 1.165) is 14.7 Å². The Morgan fingerprint density at radius 3 is 2.38 bits per heavy atom. The van der Waals surface area contributed by atoms with E-state index >= 15 is 0 Å². The molecule has 0 fully saturated rings. The minimum absolute atomic E-state index is 0.192. The number of hydrogen-bond acceptors (Lipinski definition) is 4. The Balaban J connectivity index is 2.25. The van der Waals surface area contributed by atoms with Gasteiger partial charge in [-0.1, -0.05) is 53.9 Å². The Kier molecular flexibility index (Phi) is 3.36. The SMILES string of the molecule is N#CC(C#N)=C1SC=C(c2ccccc2)S1. The molecule has 2 nitrogen and oxygen atoms in total. The highest BCUT2D eigenvalue weighted by atomic mass is 32.2. The average Bonchev–Trinajstić information content (AvgIpc) is 2.81. The Morgan fingerprint density at radius 1 is 1.06 bits per heavy atom. The number of thioether (sulfide) groups is 2. The first-order valence-electron chi connectivity index (χ1n) is 4.49. The molecule has 1 aromatic rings. The van der Waals surface area contributed by atoms with Crippen LogP contribution in [0.15, 0.2) is 45.6 Å². The van der Waals surface area contributed by atoms with Crippen molar-refractivity contribution >= 4 is 28.4 Å². The number of hydrogen-bond donors (Lipinski definition) is 0. The molecule has 0 saturated carbocycles. The maximum Gasteiger partial charge on any atom is 0.150 e. The van der Waals surface area contributed by atoms with E-state index in [0.29, 0.717) is 0 Å². The number of rotatable bonds is 1. The standard InChI is InChI=1S/C12H6N2S2/c13-6-10(7-14)12-15-8-11(16-12)9-4-2-1-3-5-9/h1-5,8H. The van der Waals surface area contributed by atoms with Gasteiger partial charge in [-0.15, -0.1) is 0 Å². The normalized spacial score (nSPS) is 13.9. The van der Waals surface area contributed by atoms with E-state index in [1.54, 1.807) is 0 Å². The highest BCUT2D eigenvalue weighted by Gasteiger charge is 2.17. The number of nitriles is 2. The molecule has 0 atom stereocenters. The minimum Gasteiger partial charge on any atom is -0.192 e. The van der Waals surface area contributed by atoms with E-state index in [-0.39, 0.29) is 5.57 Å². The summed E-state index contributed by atoms with van der Waals surface area (Å²) < 4.78 is 0.767. The summed E-state index contributed by atoms with van der Waals surface area (Å²) >= 11 is 2.92. The molecule has 1 heterocycles. The van der Waals surface area contributed by atoms with Crippen molar-refractivity contribution in [1.29, 1.82) is 10.5 Å². The predicted octanol–water partition coefficient (Wildman–Crippen LogP) is 3.72. The van der Waals surface area contributed by atoms with Crippen LogP contribution in [-0.2, 0) is 0 Å². The summed E-state index contributed by atoms with van der Waals surface area (Å²) in [4.78, 5) is 1.09. The van der Waals surface area contributed by atoms with Gasteiger partial charge in [0, 0.05) is 4.91 Å². The summed E-state index contributed by atoms with van der Waals surface area (Å²) in [6, 6.07) is 13.8. The molecule has 4 heteroatoms. The molecule has 0 aliphatic carbocycles. The second kappa shape index (κ2) is 4.94. The fraction of sp³-hybridized carbons (Fsp3) is 0.